The zero-order valence-electron chi connectivity index (χ0n) is 7.59. The highest BCUT2D eigenvalue weighted by atomic mass is 79.9. The van der Waals surface area contributed by atoms with Crippen LogP contribution in [0.2, 0.25) is 0 Å². The maximum absolute atomic E-state index is 12.9. The van der Waals surface area contributed by atoms with Crippen LogP contribution < -0.4 is 0 Å². The van der Waals surface area contributed by atoms with Gasteiger partial charge in [-0.2, -0.15) is 0 Å². The summed E-state index contributed by atoms with van der Waals surface area (Å²) in [5.41, 5.74) is 1.06. The second-order valence-electron chi connectivity index (χ2n) is 3.65. The highest BCUT2D eigenvalue weighted by molar-refractivity contribution is 9.10. The summed E-state index contributed by atoms with van der Waals surface area (Å²) < 4.78 is 13.4. The smallest absolute Gasteiger partial charge is 0.137 e. The van der Waals surface area contributed by atoms with Gasteiger partial charge in [0.1, 0.15) is 11.6 Å². The van der Waals surface area contributed by atoms with Crippen LogP contribution in [0.3, 0.4) is 0 Å². The summed E-state index contributed by atoms with van der Waals surface area (Å²) in [5.74, 6) is 0.355. The van der Waals surface area contributed by atoms with Crippen molar-refractivity contribution in [2.45, 2.75) is 25.2 Å². The molecule has 3 heteroatoms. The van der Waals surface area contributed by atoms with E-state index in [2.05, 4.69) is 15.9 Å². The molecule has 1 atom stereocenters. The normalized spacial score (nSPS) is 21.6. The molecule has 0 aliphatic heterocycles. The fourth-order valence-electron chi connectivity index (χ4n) is 1.86. The average Bonchev–Trinajstić information content (AvgIpc) is 2.57. The number of ketones is 1. The molecule has 1 fully saturated rings. The summed E-state index contributed by atoms with van der Waals surface area (Å²) in [6, 6.07) is 4.99. The third-order valence-corrected chi connectivity index (χ3v) is 3.27. The predicted molar refractivity (Wildman–Crippen MR) is 55.7 cm³/mol. The number of halogens is 2. The van der Waals surface area contributed by atoms with Crippen molar-refractivity contribution in [3.8, 4) is 0 Å². The van der Waals surface area contributed by atoms with Gasteiger partial charge in [-0.05, 0) is 46.0 Å². The van der Waals surface area contributed by atoms with Crippen molar-refractivity contribution in [1.29, 1.82) is 0 Å². The molecule has 0 heterocycles. The fraction of sp³-hybridized carbons (Fsp3) is 0.364. The van der Waals surface area contributed by atoms with Crippen LogP contribution in [-0.2, 0) is 4.79 Å². The van der Waals surface area contributed by atoms with Crippen molar-refractivity contribution in [1.82, 2.24) is 0 Å². The molecule has 0 amide bonds. The van der Waals surface area contributed by atoms with Crippen LogP contribution in [0.1, 0.15) is 30.7 Å². The van der Waals surface area contributed by atoms with Gasteiger partial charge in [0.2, 0.25) is 0 Å². The molecule has 0 radical (unpaired) electrons. The third-order valence-electron chi connectivity index (χ3n) is 2.66. The number of hydrogen-bond donors (Lipinski definition) is 0. The highest BCUT2D eigenvalue weighted by Gasteiger charge is 2.23. The third kappa shape index (κ3) is 1.87. The molecule has 0 saturated heterocycles. The molecule has 14 heavy (non-hydrogen) atoms. The number of benzene rings is 1. The minimum Gasteiger partial charge on any atom is -0.300 e. The van der Waals surface area contributed by atoms with E-state index in [1.54, 1.807) is 12.1 Å². The second kappa shape index (κ2) is 3.81. The lowest BCUT2D eigenvalue weighted by Crippen LogP contribution is -1.94. The van der Waals surface area contributed by atoms with E-state index in [0.717, 1.165) is 12.0 Å². The van der Waals surface area contributed by atoms with E-state index in [4.69, 9.17) is 0 Å². The SMILES string of the molecule is O=C1CCC(c2ccc(F)c(Br)c2)C1. The zero-order chi connectivity index (χ0) is 10.1. The Morgan fingerprint density at radius 2 is 2.21 bits per heavy atom. The number of rotatable bonds is 1. The van der Waals surface area contributed by atoms with E-state index in [1.807, 2.05) is 0 Å². The first kappa shape index (κ1) is 9.84. The summed E-state index contributed by atoms with van der Waals surface area (Å²) in [7, 11) is 0. The molecular formula is C11H10BrFO. The van der Waals surface area contributed by atoms with E-state index >= 15 is 0 Å². The van der Waals surface area contributed by atoms with Crippen LogP contribution in [-0.4, -0.2) is 5.78 Å². The lowest BCUT2D eigenvalue weighted by molar-refractivity contribution is -0.117. The highest BCUT2D eigenvalue weighted by Crippen LogP contribution is 2.33. The van der Waals surface area contributed by atoms with Gasteiger partial charge in [0, 0.05) is 12.8 Å². The largest absolute Gasteiger partial charge is 0.300 e. The maximum Gasteiger partial charge on any atom is 0.137 e. The van der Waals surface area contributed by atoms with Gasteiger partial charge in [-0.3, -0.25) is 4.79 Å². The lowest BCUT2D eigenvalue weighted by Gasteiger charge is -2.08. The molecule has 0 N–H and O–H groups in total. The van der Waals surface area contributed by atoms with Crippen LogP contribution in [0.15, 0.2) is 22.7 Å². The van der Waals surface area contributed by atoms with E-state index in [9.17, 15) is 9.18 Å². The van der Waals surface area contributed by atoms with Crippen LogP contribution in [0.25, 0.3) is 0 Å². The van der Waals surface area contributed by atoms with Gasteiger partial charge >= 0.3 is 0 Å². The van der Waals surface area contributed by atoms with Gasteiger partial charge in [-0.1, -0.05) is 6.07 Å². The maximum atomic E-state index is 12.9. The van der Waals surface area contributed by atoms with Gasteiger partial charge in [-0.25, -0.2) is 4.39 Å². The fourth-order valence-corrected chi connectivity index (χ4v) is 2.26. The molecule has 1 aliphatic carbocycles. The van der Waals surface area contributed by atoms with Gasteiger partial charge in [0.25, 0.3) is 0 Å². The van der Waals surface area contributed by atoms with Crippen molar-refractivity contribution < 1.29 is 9.18 Å². The number of carbonyl (C=O) groups excluding carboxylic acids is 1. The summed E-state index contributed by atoms with van der Waals surface area (Å²) in [4.78, 5) is 11.1. The van der Waals surface area contributed by atoms with E-state index in [-0.39, 0.29) is 5.82 Å². The summed E-state index contributed by atoms with van der Waals surface area (Å²) in [6.07, 6.45) is 2.18. The van der Waals surface area contributed by atoms with Crippen LogP contribution in [0.4, 0.5) is 4.39 Å². The summed E-state index contributed by atoms with van der Waals surface area (Å²) in [5, 5.41) is 0. The minimum absolute atomic E-state index is 0.252. The Balaban J connectivity index is 2.24. The van der Waals surface area contributed by atoms with Gasteiger partial charge in [0.15, 0.2) is 0 Å². The topological polar surface area (TPSA) is 17.1 Å². The second-order valence-corrected chi connectivity index (χ2v) is 4.51. The van der Waals surface area contributed by atoms with Crippen molar-refractivity contribution in [3.63, 3.8) is 0 Å². The van der Waals surface area contributed by atoms with Gasteiger partial charge in [0.05, 0.1) is 4.47 Å². The van der Waals surface area contributed by atoms with E-state index in [0.29, 0.717) is 29.0 Å². The standard InChI is InChI=1S/C11H10BrFO/c12-10-6-8(2-4-11(10)13)7-1-3-9(14)5-7/h2,4,6-7H,1,3,5H2. The molecule has 74 valence electrons. The Bertz CT molecular complexity index is 376. The monoisotopic (exact) mass is 256 g/mol. The Kier molecular flexibility index (Phi) is 2.68. The first-order chi connectivity index (χ1) is 6.66. The molecule has 1 aromatic carbocycles. The van der Waals surface area contributed by atoms with Crippen molar-refractivity contribution >= 4 is 21.7 Å². The van der Waals surface area contributed by atoms with E-state index in [1.165, 1.54) is 6.07 Å². The van der Waals surface area contributed by atoms with Crippen molar-refractivity contribution in [2.75, 3.05) is 0 Å². The van der Waals surface area contributed by atoms with Crippen molar-refractivity contribution in [3.05, 3.63) is 34.1 Å². The Morgan fingerprint density at radius 1 is 1.43 bits per heavy atom. The van der Waals surface area contributed by atoms with Gasteiger partial charge in [-0.15, -0.1) is 0 Å². The molecule has 1 nitrogen and oxygen atoms in total. The van der Waals surface area contributed by atoms with Crippen LogP contribution in [0.5, 0.6) is 0 Å². The van der Waals surface area contributed by atoms with E-state index < -0.39 is 0 Å². The molecule has 0 spiro atoms. The number of Topliss-reactive ketones (excluding diaryl/α,β-unsaturated/α-hetero) is 1. The molecule has 0 aromatic heterocycles. The molecule has 1 aromatic rings. The summed E-state index contributed by atoms with van der Waals surface area (Å²) >= 11 is 3.15. The van der Waals surface area contributed by atoms with Crippen LogP contribution in [0, 0.1) is 5.82 Å². The Labute approximate surface area is 90.4 Å². The lowest BCUT2D eigenvalue weighted by atomic mass is 9.98. The summed E-state index contributed by atoms with van der Waals surface area (Å²) in [6.45, 7) is 0. The molecule has 1 unspecified atom stereocenters. The molecule has 1 aliphatic rings. The Morgan fingerprint density at radius 3 is 2.79 bits per heavy atom. The predicted octanol–water partition coefficient (Wildman–Crippen LogP) is 3.42. The number of hydrogen-bond acceptors (Lipinski definition) is 1. The first-order valence-electron chi connectivity index (χ1n) is 4.63. The molecule has 2 rings (SSSR count). The van der Waals surface area contributed by atoms with Gasteiger partial charge < -0.3 is 0 Å². The molecule has 0 bridgehead atoms. The van der Waals surface area contributed by atoms with Crippen LogP contribution >= 0.6 is 15.9 Å². The quantitative estimate of drug-likeness (QED) is 0.753. The molecule has 1 saturated carbocycles. The first-order valence-corrected chi connectivity index (χ1v) is 5.43. The average molecular weight is 257 g/mol. The molecular weight excluding hydrogens is 247 g/mol. The minimum atomic E-state index is -0.252. The number of carbonyl (C=O) groups is 1. The Hall–Kier alpha value is -0.700. The van der Waals surface area contributed by atoms with Crippen molar-refractivity contribution in [2.24, 2.45) is 0 Å². The zero-order valence-corrected chi connectivity index (χ0v) is 9.18.